The van der Waals surface area contributed by atoms with Crippen molar-refractivity contribution in [1.82, 2.24) is 21.7 Å². The van der Waals surface area contributed by atoms with Gasteiger partial charge in [0.15, 0.2) is 5.78 Å². The quantitative estimate of drug-likeness (QED) is 0.245. The van der Waals surface area contributed by atoms with E-state index < -0.39 is 23.1 Å². The van der Waals surface area contributed by atoms with Crippen LogP contribution < -0.4 is 21.7 Å². The van der Waals surface area contributed by atoms with Gasteiger partial charge in [0.2, 0.25) is 0 Å². The third kappa shape index (κ3) is 3.38. The van der Waals surface area contributed by atoms with Crippen LogP contribution in [0.4, 0.5) is 0 Å². The van der Waals surface area contributed by atoms with Gasteiger partial charge in [0, 0.05) is 65.4 Å². The largest absolute Gasteiger partial charge is 0.408 e. The molecule has 0 bridgehead atoms. The van der Waals surface area contributed by atoms with Gasteiger partial charge in [-0.2, -0.15) is 0 Å². The van der Waals surface area contributed by atoms with Crippen LogP contribution in [0.3, 0.4) is 0 Å². The Kier molecular flexibility index (Phi) is 6.99. The van der Waals surface area contributed by atoms with Crippen molar-refractivity contribution in [1.29, 1.82) is 0 Å². The number of hydrazine groups is 2. The summed E-state index contributed by atoms with van der Waals surface area (Å²) in [5, 5.41) is 0. The number of rotatable bonds is 0. The zero-order valence-electron chi connectivity index (χ0n) is 12.8. The fourth-order valence-electron chi connectivity index (χ4n) is 2.26. The van der Waals surface area contributed by atoms with Crippen molar-refractivity contribution in [2.75, 3.05) is 0 Å². The minimum absolute atomic E-state index is 0. The Morgan fingerprint density at radius 3 is 2.08 bits per heavy atom. The normalized spacial score (nSPS) is 19.6. The monoisotopic (exact) mass is 476 g/mol. The van der Waals surface area contributed by atoms with Crippen LogP contribution in [0.5, 0.6) is 0 Å². The Hall–Kier alpha value is -0.952. The van der Waals surface area contributed by atoms with Gasteiger partial charge >= 0.3 is 0 Å². The first-order chi connectivity index (χ1) is 10.4. The molecule has 4 aliphatic rings. The van der Waals surface area contributed by atoms with Gasteiger partial charge in [-0.25, -0.2) is 0 Å². The van der Waals surface area contributed by atoms with Crippen LogP contribution in [0.25, 0.3) is 0 Å². The fraction of sp³-hybridized carbons (Fsp3) is 0.143. The zero-order chi connectivity index (χ0) is 16.0. The molecular formula is C14H10N4O4Y2-2. The Morgan fingerprint density at radius 1 is 0.833 bits per heavy atom. The minimum Gasteiger partial charge on any atom is -0.408 e. The molecule has 0 aromatic rings. The second-order valence-corrected chi connectivity index (χ2v) is 4.82. The van der Waals surface area contributed by atoms with Crippen LogP contribution in [-0.4, -0.2) is 23.1 Å². The number of fused-ring (bicyclic) bond motifs is 2. The molecule has 0 fully saturated rings. The van der Waals surface area contributed by atoms with Crippen molar-refractivity contribution in [2.24, 2.45) is 0 Å². The molecule has 4 N–H and O–H groups in total. The van der Waals surface area contributed by atoms with Gasteiger partial charge in [0.25, 0.3) is 0 Å². The summed E-state index contributed by atoms with van der Waals surface area (Å²) >= 11 is 0. The maximum atomic E-state index is 11.1. The van der Waals surface area contributed by atoms with E-state index in [-0.39, 0.29) is 82.1 Å². The second-order valence-electron chi connectivity index (χ2n) is 4.82. The van der Waals surface area contributed by atoms with E-state index in [9.17, 15) is 19.2 Å². The van der Waals surface area contributed by atoms with Crippen molar-refractivity contribution < 1.29 is 84.6 Å². The molecule has 2 heterocycles. The Balaban J connectivity index is 0.000000233. The second kappa shape index (κ2) is 7.95. The summed E-state index contributed by atoms with van der Waals surface area (Å²) in [6, 6.07) is 0. The van der Waals surface area contributed by atoms with Crippen LogP contribution >= 0.6 is 0 Å². The molecule has 0 unspecified atom stereocenters. The first-order valence-corrected chi connectivity index (χ1v) is 6.32. The summed E-state index contributed by atoms with van der Waals surface area (Å²) in [5.74, 6) is -3.15. The predicted molar refractivity (Wildman–Crippen MR) is 71.5 cm³/mol. The van der Waals surface area contributed by atoms with Gasteiger partial charge in [-0.3, -0.25) is 4.79 Å². The summed E-state index contributed by atoms with van der Waals surface area (Å²) < 4.78 is 0. The van der Waals surface area contributed by atoms with E-state index in [4.69, 9.17) is 0 Å². The molecule has 24 heavy (non-hydrogen) atoms. The van der Waals surface area contributed by atoms with Crippen molar-refractivity contribution in [3.8, 4) is 0 Å². The SMILES string of the molecule is CC1=C2C(=O)C(=O)[C-]=C2C(=O)C1=O.CC1=C2NN[C-]=C2NN1.[Y].[Y]. The van der Waals surface area contributed by atoms with Gasteiger partial charge in [-0.1, -0.05) is 28.6 Å². The molecule has 0 saturated heterocycles. The molecule has 4 rings (SSSR count). The van der Waals surface area contributed by atoms with Crippen LogP contribution in [0.1, 0.15) is 13.8 Å². The molecule has 2 aliphatic heterocycles. The molecule has 0 atom stereocenters. The molecule has 0 spiro atoms. The maximum Gasteiger partial charge on any atom is 0.178 e. The molecular weight excluding hydrogens is 466 g/mol. The molecule has 0 aromatic heterocycles. The van der Waals surface area contributed by atoms with E-state index in [1.807, 2.05) is 6.92 Å². The maximum absolute atomic E-state index is 11.1. The molecule has 0 saturated carbocycles. The minimum atomic E-state index is -0.842. The number of carbonyl (C=O) groups is 4. The molecule has 0 amide bonds. The topological polar surface area (TPSA) is 116 Å². The average Bonchev–Trinajstić information content (AvgIpc) is 3.20. The first-order valence-electron chi connectivity index (χ1n) is 6.32. The number of Topliss-reactive ketones (excluding diaryl/α,β-unsaturated/α-hetero) is 4. The van der Waals surface area contributed by atoms with E-state index in [0.717, 1.165) is 17.1 Å². The number of hydrogen-bond donors (Lipinski definition) is 4. The number of allylic oxidation sites excluding steroid dienone is 5. The third-order valence-corrected chi connectivity index (χ3v) is 3.45. The number of ketones is 4. The van der Waals surface area contributed by atoms with E-state index in [2.05, 4.69) is 34.0 Å². The summed E-state index contributed by atoms with van der Waals surface area (Å²) in [5.41, 5.74) is 14.5. The summed E-state index contributed by atoms with van der Waals surface area (Å²) in [4.78, 5) is 44.0. The molecule has 118 valence electrons. The Labute approximate surface area is 187 Å². The van der Waals surface area contributed by atoms with Crippen LogP contribution in [0.2, 0.25) is 0 Å². The van der Waals surface area contributed by atoms with E-state index >= 15 is 0 Å². The van der Waals surface area contributed by atoms with Crippen LogP contribution in [0, 0.1) is 12.3 Å². The Morgan fingerprint density at radius 2 is 1.50 bits per heavy atom. The zero-order valence-corrected chi connectivity index (χ0v) is 18.5. The first kappa shape index (κ1) is 21.1. The molecule has 2 aliphatic carbocycles. The predicted octanol–water partition coefficient (Wildman–Crippen LogP) is -1.59. The number of carbonyl (C=O) groups excluding carboxylic acids is 4. The van der Waals surface area contributed by atoms with Crippen molar-refractivity contribution in [2.45, 2.75) is 13.8 Å². The summed E-state index contributed by atoms with van der Waals surface area (Å²) in [6.07, 6.45) is 4.95. The van der Waals surface area contributed by atoms with E-state index in [0.29, 0.717) is 0 Å². The molecule has 2 radical (unpaired) electrons. The van der Waals surface area contributed by atoms with Crippen molar-refractivity contribution >= 4 is 23.1 Å². The molecule has 0 aromatic carbocycles. The number of hydrogen-bond acceptors (Lipinski definition) is 8. The summed E-state index contributed by atoms with van der Waals surface area (Å²) in [7, 11) is 0. The molecule has 10 heteroatoms. The van der Waals surface area contributed by atoms with Crippen LogP contribution in [-0.2, 0) is 84.6 Å². The van der Waals surface area contributed by atoms with Gasteiger partial charge in [0.05, 0.1) is 0 Å². The third-order valence-electron chi connectivity index (χ3n) is 3.45. The van der Waals surface area contributed by atoms with Gasteiger partial charge < -0.3 is 36.1 Å². The van der Waals surface area contributed by atoms with E-state index in [1.54, 1.807) is 0 Å². The van der Waals surface area contributed by atoms with Gasteiger partial charge in [-0.15, -0.1) is 6.20 Å². The van der Waals surface area contributed by atoms with Gasteiger partial charge in [0.1, 0.15) is 17.3 Å². The smallest absolute Gasteiger partial charge is 0.178 e. The fourth-order valence-corrected chi connectivity index (χ4v) is 2.26. The van der Waals surface area contributed by atoms with Crippen molar-refractivity contribution in [3.05, 3.63) is 46.1 Å². The van der Waals surface area contributed by atoms with Crippen LogP contribution in [0.15, 0.2) is 33.8 Å². The Bertz CT molecular complexity index is 790. The standard InChI is InChI=1S/C9H3O4.C5H7N4.2Y/c1-3-6-4(8(12)7(3)11)2-5(10)9(6)13;1-3-5-4(8-7-3)2-6-9-5;;/h1H3;6-9H,1H3;;/q2*-1;;. The van der Waals surface area contributed by atoms with E-state index in [1.165, 1.54) is 6.92 Å². The average molecular weight is 476 g/mol. The summed E-state index contributed by atoms with van der Waals surface area (Å²) in [6.45, 7) is 3.34. The van der Waals surface area contributed by atoms with Crippen molar-refractivity contribution in [3.63, 3.8) is 0 Å². The molecule has 8 nitrogen and oxygen atoms in total. The number of nitrogens with one attached hydrogen (secondary N) is 4. The van der Waals surface area contributed by atoms with Gasteiger partial charge in [-0.05, 0) is 25.1 Å².